The van der Waals surface area contributed by atoms with Gasteiger partial charge in [-0.15, -0.1) is 0 Å². The molecule has 2 rings (SSSR count). The second-order valence-corrected chi connectivity index (χ2v) is 2.92. The van der Waals surface area contributed by atoms with Gasteiger partial charge in [0.25, 0.3) is 0 Å². The van der Waals surface area contributed by atoms with E-state index < -0.39 is 5.97 Å². The number of carboxylic acid groups (broad SMARTS) is 1. The van der Waals surface area contributed by atoms with Gasteiger partial charge in [0.2, 0.25) is 0 Å². The van der Waals surface area contributed by atoms with E-state index >= 15 is 0 Å². The molecule has 0 atom stereocenters. The second kappa shape index (κ2) is 5.48. The van der Waals surface area contributed by atoms with Crippen molar-refractivity contribution in [2.45, 2.75) is 0 Å². The summed E-state index contributed by atoms with van der Waals surface area (Å²) in [5.41, 5.74) is 1.12. The Hall–Kier alpha value is -1.59. The van der Waals surface area contributed by atoms with Crippen molar-refractivity contribution in [1.82, 2.24) is 9.97 Å². The van der Waals surface area contributed by atoms with Crippen LogP contribution in [0.1, 0.15) is 10.4 Å². The first-order chi connectivity index (χ1) is 7.29. The molecule has 0 aliphatic carbocycles. The Bertz CT molecular complexity index is 488. The Morgan fingerprint density at radius 1 is 1.06 bits per heavy atom. The Morgan fingerprint density at radius 2 is 1.81 bits per heavy atom. The zero-order chi connectivity index (χ0) is 10.7. The molecule has 1 N–H and O–H groups in total. The van der Waals surface area contributed by atoms with E-state index in [1.807, 2.05) is 0 Å². The summed E-state index contributed by atoms with van der Waals surface area (Å²) >= 11 is 0. The summed E-state index contributed by atoms with van der Waals surface area (Å²) in [6.45, 7) is 0. The van der Waals surface area contributed by atoms with E-state index in [4.69, 9.17) is 5.11 Å². The van der Waals surface area contributed by atoms with E-state index in [2.05, 4.69) is 9.97 Å². The number of carboxylic acids is 1. The maximum atomic E-state index is 10.9. The molecular weight excluding hydrogens is 382 g/mol. The van der Waals surface area contributed by atoms with E-state index in [-0.39, 0.29) is 25.4 Å². The largest absolute Gasteiger partial charge is 0.478 e. The number of pyridine rings is 2. The third kappa shape index (κ3) is 2.50. The summed E-state index contributed by atoms with van der Waals surface area (Å²) in [5, 5.41) is 8.96. The molecule has 5 heteroatoms. The van der Waals surface area contributed by atoms with Gasteiger partial charge in [-0.05, 0) is 24.3 Å². The Kier molecular flexibility index (Phi) is 4.27. The zero-order valence-corrected chi connectivity index (χ0v) is 10.7. The molecule has 0 radical (unpaired) electrons. The molecule has 0 amide bonds. The van der Waals surface area contributed by atoms with Crippen LogP contribution >= 0.6 is 0 Å². The quantitative estimate of drug-likeness (QED) is 0.850. The molecule has 0 unspecified atom stereocenters. The molecule has 0 saturated heterocycles. The second-order valence-electron chi connectivity index (χ2n) is 2.92. The number of nitrogens with zero attached hydrogens (tertiary/aromatic N) is 2. The van der Waals surface area contributed by atoms with Crippen molar-refractivity contribution in [1.29, 1.82) is 0 Å². The van der Waals surface area contributed by atoms with Crippen LogP contribution in [0.4, 0.5) is 0 Å². The predicted octanol–water partition coefficient (Wildman–Crippen LogP) is 1.84. The van der Waals surface area contributed by atoms with Crippen LogP contribution in [0.3, 0.4) is 0 Å². The van der Waals surface area contributed by atoms with Gasteiger partial charge in [-0.3, -0.25) is 9.97 Å². The summed E-state index contributed by atoms with van der Waals surface area (Å²) in [4.78, 5) is 19.0. The molecule has 2 heterocycles. The minimum Gasteiger partial charge on any atom is -0.478 e. The van der Waals surface area contributed by atoms with Crippen LogP contribution in [0.25, 0.3) is 11.4 Å². The number of carbonyl (C=O) groups is 1. The van der Waals surface area contributed by atoms with Gasteiger partial charge in [-0.25, -0.2) is 4.79 Å². The molecule has 2 aromatic rings. The van der Waals surface area contributed by atoms with Gasteiger partial charge in [-0.1, -0.05) is 6.07 Å². The minimum atomic E-state index is -0.997. The Labute approximate surface area is 105 Å². The van der Waals surface area contributed by atoms with Gasteiger partial charge in [0.15, 0.2) is 0 Å². The minimum absolute atomic E-state index is 0. The number of hydrogen-bond donors (Lipinski definition) is 1. The molecule has 0 aliphatic rings. The van der Waals surface area contributed by atoms with Crippen LogP contribution in [0.5, 0.6) is 0 Å². The van der Waals surface area contributed by atoms with Crippen molar-refractivity contribution in [2.75, 3.05) is 0 Å². The van der Waals surface area contributed by atoms with Crippen LogP contribution in [-0.2, 0) is 19.8 Å². The summed E-state index contributed by atoms with van der Waals surface area (Å²) in [6.07, 6.45) is 3.16. The van der Waals surface area contributed by atoms with Crippen LogP contribution in [0.15, 0.2) is 42.7 Å². The number of hydrogen-bond acceptors (Lipinski definition) is 3. The normalized spacial score (nSPS) is 9.25. The molecule has 2 aromatic heterocycles. The van der Waals surface area contributed by atoms with Crippen molar-refractivity contribution in [3.8, 4) is 11.4 Å². The van der Waals surface area contributed by atoms with Crippen molar-refractivity contribution in [3.63, 3.8) is 0 Å². The molecular formula is C11H8N2O2Os. The smallest absolute Gasteiger partial charge is 0.337 e. The fraction of sp³-hybridized carbons (Fsp3) is 0. The molecule has 0 fully saturated rings. The first-order valence-electron chi connectivity index (χ1n) is 4.39. The van der Waals surface area contributed by atoms with Crippen molar-refractivity contribution in [3.05, 3.63) is 48.3 Å². The summed E-state index contributed by atoms with van der Waals surface area (Å²) < 4.78 is 0. The van der Waals surface area contributed by atoms with Gasteiger partial charge < -0.3 is 5.11 Å². The van der Waals surface area contributed by atoms with Crippen molar-refractivity contribution >= 4 is 5.97 Å². The molecule has 0 aromatic carbocycles. The van der Waals surface area contributed by atoms with Crippen LogP contribution < -0.4 is 0 Å². The summed E-state index contributed by atoms with van der Waals surface area (Å²) in [5.74, 6) is -0.997. The van der Waals surface area contributed by atoms with E-state index in [0.29, 0.717) is 11.4 Å². The third-order valence-corrected chi connectivity index (χ3v) is 1.95. The van der Waals surface area contributed by atoms with E-state index in [1.54, 1.807) is 36.7 Å². The maximum Gasteiger partial charge on any atom is 0.337 e. The molecule has 16 heavy (non-hydrogen) atoms. The number of aromatic carboxylic acids is 1. The standard InChI is InChI=1S/C11H8N2O2.Os/c14-11(15)8-4-3-7-13-10(8)9-5-1-2-6-12-9;/h1-7H,(H,14,15);. The molecule has 0 aliphatic heterocycles. The van der Waals surface area contributed by atoms with Gasteiger partial charge in [0.1, 0.15) is 5.69 Å². The van der Waals surface area contributed by atoms with Crippen LogP contribution in [-0.4, -0.2) is 21.0 Å². The third-order valence-electron chi connectivity index (χ3n) is 1.95. The topological polar surface area (TPSA) is 63.1 Å². The van der Waals surface area contributed by atoms with Gasteiger partial charge in [0.05, 0.1) is 11.3 Å². The Morgan fingerprint density at radius 3 is 2.44 bits per heavy atom. The zero-order valence-electron chi connectivity index (χ0n) is 8.14. The van der Waals surface area contributed by atoms with E-state index in [1.165, 1.54) is 6.07 Å². The van der Waals surface area contributed by atoms with Gasteiger partial charge in [0, 0.05) is 32.2 Å². The van der Waals surface area contributed by atoms with Crippen LogP contribution in [0.2, 0.25) is 0 Å². The number of aromatic nitrogens is 2. The average Bonchev–Trinajstić information content (AvgIpc) is 2.30. The molecule has 4 nitrogen and oxygen atoms in total. The SMILES string of the molecule is O=C(O)c1cccnc1-c1ccccn1.[Os]. The van der Waals surface area contributed by atoms with Gasteiger partial charge >= 0.3 is 5.97 Å². The fourth-order valence-corrected chi connectivity index (χ4v) is 1.28. The maximum absolute atomic E-state index is 10.9. The summed E-state index contributed by atoms with van der Waals surface area (Å²) in [6, 6.07) is 8.40. The molecule has 0 spiro atoms. The summed E-state index contributed by atoms with van der Waals surface area (Å²) in [7, 11) is 0. The Balaban J connectivity index is 0.00000128. The first-order valence-corrected chi connectivity index (χ1v) is 4.39. The van der Waals surface area contributed by atoms with E-state index in [9.17, 15) is 4.79 Å². The molecule has 0 bridgehead atoms. The first kappa shape index (κ1) is 12.5. The predicted molar refractivity (Wildman–Crippen MR) is 54.4 cm³/mol. The number of rotatable bonds is 2. The van der Waals surface area contributed by atoms with Crippen LogP contribution in [0, 0.1) is 0 Å². The molecule has 82 valence electrons. The van der Waals surface area contributed by atoms with Crippen molar-refractivity contribution < 1.29 is 29.7 Å². The average molecular weight is 390 g/mol. The fourth-order valence-electron chi connectivity index (χ4n) is 1.28. The molecule has 0 saturated carbocycles. The monoisotopic (exact) mass is 392 g/mol. The van der Waals surface area contributed by atoms with Gasteiger partial charge in [-0.2, -0.15) is 0 Å². The van der Waals surface area contributed by atoms with E-state index in [0.717, 1.165) is 0 Å². The van der Waals surface area contributed by atoms with Crippen molar-refractivity contribution in [2.24, 2.45) is 0 Å².